The summed E-state index contributed by atoms with van der Waals surface area (Å²) < 4.78 is 62.9. The number of halogens is 3. The van der Waals surface area contributed by atoms with E-state index < -0.39 is 54.6 Å². The van der Waals surface area contributed by atoms with Gasteiger partial charge in [0.05, 0.1) is 0 Å². The average Bonchev–Trinajstić information content (AvgIpc) is 2.91. The van der Waals surface area contributed by atoms with Crippen molar-refractivity contribution in [2.75, 3.05) is 20.3 Å². The number of esters is 3. The highest BCUT2D eigenvalue weighted by Gasteiger charge is 2.64. The number of alkyl halides is 3. The smallest absolute Gasteiger partial charge is 0.432 e. The number of hydrogen-bond donors (Lipinski definition) is 0. The summed E-state index contributed by atoms with van der Waals surface area (Å²) in [7, 11) is 0.747. The molecule has 2 atom stereocenters. The van der Waals surface area contributed by atoms with Crippen molar-refractivity contribution in [1.29, 1.82) is 0 Å². The molecule has 0 bridgehead atoms. The predicted octanol–water partition coefficient (Wildman–Crippen LogP) is 6.83. The van der Waals surface area contributed by atoms with Crippen molar-refractivity contribution in [2.24, 2.45) is 5.92 Å². The zero-order chi connectivity index (χ0) is 30.2. The average molecular weight is 573 g/mol. The van der Waals surface area contributed by atoms with Crippen molar-refractivity contribution in [3.8, 4) is 0 Å². The van der Waals surface area contributed by atoms with Gasteiger partial charge in [0, 0.05) is 24.7 Å². The molecule has 10 heteroatoms. The third-order valence-corrected chi connectivity index (χ3v) is 6.44. The Labute approximate surface area is 235 Å². The van der Waals surface area contributed by atoms with E-state index in [2.05, 4.69) is 13.8 Å². The number of allylic oxidation sites excluding steroid dienone is 1. The Morgan fingerprint density at radius 3 is 2.02 bits per heavy atom. The lowest BCUT2D eigenvalue weighted by atomic mass is 9.92. The number of hydrogen-bond acceptors (Lipinski definition) is 7. The number of ether oxygens (including phenoxy) is 4. The zero-order valence-electron chi connectivity index (χ0n) is 24.2. The first kappa shape index (κ1) is 35.1. The summed E-state index contributed by atoms with van der Waals surface area (Å²) in [6.07, 6.45) is 1.95. The topological polar surface area (TPSA) is 88.1 Å². The van der Waals surface area contributed by atoms with Gasteiger partial charge in [0.15, 0.2) is 6.10 Å². The van der Waals surface area contributed by atoms with Crippen LogP contribution in [-0.2, 0) is 38.9 Å². The summed E-state index contributed by atoms with van der Waals surface area (Å²) in [6.45, 7) is 6.27. The fourth-order valence-electron chi connectivity index (χ4n) is 3.92. The fourth-order valence-corrected chi connectivity index (χ4v) is 3.92. The van der Waals surface area contributed by atoms with E-state index in [1.807, 2.05) is 0 Å². The van der Waals surface area contributed by atoms with Crippen molar-refractivity contribution in [3.63, 3.8) is 0 Å². The van der Waals surface area contributed by atoms with Gasteiger partial charge in [-0.2, -0.15) is 13.2 Å². The number of unbranched alkanes of at least 4 members (excludes halogenated alkanes) is 5. The molecule has 7 nitrogen and oxygen atoms in total. The van der Waals surface area contributed by atoms with Crippen LogP contribution in [0.25, 0.3) is 0 Å². The fraction of sp³-hybridized carbons (Fsp3) is 0.633. The minimum atomic E-state index is -5.19. The van der Waals surface area contributed by atoms with Gasteiger partial charge in [0.2, 0.25) is 0 Å². The van der Waals surface area contributed by atoms with E-state index in [9.17, 15) is 27.6 Å². The first-order valence-electron chi connectivity index (χ1n) is 13.7. The van der Waals surface area contributed by atoms with Crippen molar-refractivity contribution in [1.82, 2.24) is 0 Å². The predicted molar refractivity (Wildman–Crippen MR) is 144 cm³/mol. The number of carbonyl (C=O) groups excluding carboxylic acids is 3. The van der Waals surface area contributed by atoms with Crippen molar-refractivity contribution < 1.29 is 46.5 Å². The van der Waals surface area contributed by atoms with Gasteiger partial charge < -0.3 is 18.9 Å². The summed E-state index contributed by atoms with van der Waals surface area (Å²) >= 11 is 0. The van der Waals surface area contributed by atoms with Gasteiger partial charge in [0.1, 0.15) is 13.2 Å². The Morgan fingerprint density at radius 1 is 0.900 bits per heavy atom. The van der Waals surface area contributed by atoms with Gasteiger partial charge in [-0.25, -0.2) is 9.59 Å². The maximum absolute atomic E-state index is 14.2. The van der Waals surface area contributed by atoms with Gasteiger partial charge in [-0.05, 0) is 26.2 Å². The zero-order valence-corrected chi connectivity index (χ0v) is 24.2. The van der Waals surface area contributed by atoms with E-state index in [1.54, 1.807) is 6.92 Å². The van der Waals surface area contributed by atoms with Crippen LogP contribution in [0.4, 0.5) is 13.2 Å². The second-order valence-corrected chi connectivity index (χ2v) is 10.1. The highest BCUT2D eigenvalue weighted by Crippen LogP contribution is 2.43. The Bertz CT molecular complexity index is 944. The monoisotopic (exact) mass is 572 g/mol. The summed E-state index contributed by atoms with van der Waals surface area (Å²) in [6, 6.07) is 6.33. The first-order valence-corrected chi connectivity index (χ1v) is 13.7. The molecule has 0 unspecified atom stereocenters. The Balaban J connectivity index is 2.84. The van der Waals surface area contributed by atoms with Crippen LogP contribution in [0.5, 0.6) is 0 Å². The molecular formula is C30H43F3O7. The molecule has 0 spiro atoms. The molecule has 1 rings (SSSR count). The Hall–Kier alpha value is -2.88. The van der Waals surface area contributed by atoms with Gasteiger partial charge in [-0.15, -0.1) is 0 Å². The quantitative estimate of drug-likeness (QED) is 0.0824. The molecule has 1 aromatic carbocycles. The van der Waals surface area contributed by atoms with E-state index in [0.717, 1.165) is 44.9 Å². The largest absolute Gasteiger partial charge is 0.462 e. The van der Waals surface area contributed by atoms with E-state index in [0.29, 0.717) is 12.3 Å². The van der Waals surface area contributed by atoms with E-state index >= 15 is 0 Å². The van der Waals surface area contributed by atoms with Crippen LogP contribution in [0.1, 0.15) is 84.6 Å². The first-order chi connectivity index (χ1) is 18.9. The van der Waals surface area contributed by atoms with Crippen molar-refractivity contribution in [3.05, 3.63) is 47.5 Å². The minimum Gasteiger partial charge on any atom is -0.462 e. The number of benzene rings is 1. The highest BCUT2D eigenvalue weighted by atomic mass is 19.4. The summed E-state index contributed by atoms with van der Waals surface area (Å²) in [5, 5.41) is 0. The normalized spacial score (nSPS) is 14.4. The lowest BCUT2D eigenvalue weighted by Crippen LogP contribution is -2.53. The number of carbonyl (C=O) groups is 3. The van der Waals surface area contributed by atoms with Crippen molar-refractivity contribution >= 4 is 17.9 Å². The second kappa shape index (κ2) is 17.7. The Kier molecular flexibility index (Phi) is 15.6. The molecular weight excluding hydrogens is 529 g/mol. The van der Waals surface area contributed by atoms with Gasteiger partial charge in [0.25, 0.3) is 5.60 Å². The summed E-state index contributed by atoms with van der Waals surface area (Å²) in [4.78, 5) is 37.4. The number of rotatable bonds is 18. The van der Waals surface area contributed by atoms with Crippen LogP contribution in [0, 0.1) is 5.92 Å². The van der Waals surface area contributed by atoms with Crippen molar-refractivity contribution in [2.45, 2.75) is 96.9 Å². The maximum Gasteiger partial charge on any atom is 0.432 e. The van der Waals surface area contributed by atoms with E-state index in [4.69, 9.17) is 18.9 Å². The SMILES string of the molecule is C/C=C(/C)C(=O)OC[C@H](COC(=O)CCCCCCCCC(C)C)OC(=O)[C@@](OC)(c1ccccc1)C(F)(F)F. The number of methoxy groups -OCH3 is 1. The molecule has 0 radical (unpaired) electrons. The molecule has 40 heavy (non-hydrogen) atoms. The summed E-state index contributed by atoms with van der Waals surface area (Å²) in [5.74, 6) is -2.42. The highest BCUT2D eigenvalue weighted by molar-refractivity contribution is 5.87. The lowest BCUT2D eigenvalue weighted by Gasteiger charge is -2.33. The summed E-state index contributed by atoms with van der Waals surface area (Å²) in [5.41, 5.74) is -3.68. The molecule has 0 heterocycles. The van der Waals surface area contributed by atoms with Gasteiger partial charge in [-0.1, -0.05) is 88.8 Å². The molecule has 0 aliphatic carbocycles. The molecule has 0 saturated heterocycles. The van der Waals surface area contributed by atoms with Crippen LogP contribution < -0.4 is 0 Å². The van der Waals surface area contributed by atoms with Crippen LogP contribution in [0.3, 0.4) is 0 Å². The molecule has 0 aliphatic heterocycles. The third-order valence-electron chi connectivity index (χ3n) is 6.44. The standard InChI is InChI=1S/C30H43F3O7/c1-6-23(4)27(35)39-21-25(20-38-26(34)19-15-10-8-7-9-12-16-22(2)3)40-28(36)29(37-5,30(31,32)33)24-17-13-11-14-18-24/h6,11,13-14,17-18,22,25H,7-10,12,15-16,19-21H2,1-5H3/b23-6-/t25-,29-/m0/s1. The molecule has 0 aromatic heterocycles. The van der Waals surface area contributed by atoms with Crippen LogP contribution in [0.15, 0.2) is 42.0 Å². The van der Waals surface area contributed by atoms with E-state index in [1.165, 1.54) is 44.0 Å². The molecule has 226 valence electrons. The maximum atomic E-state index is 14.2. The molecule has 0 fully saturated rings. The third kappa shape index (κ3) is 11.3. The minimum absolute atomic E-state index is 0.110. The van der Waals surface area contributed by atoms with Crippen LogP contribution in [-0.4, -0.2) is 50.5 Å². The molecule has 0 amide bonds. The second-order valence-electron chi connectivity index (χ2n) is 10.1. The van der Waals surface area contributed by atoms with E-state index in [-0.39, 0.29) is 12.0 Å². The molecule has 0 N–H and O–H groups in total. The molecule has 1 aromatic rings. The van der Waals surface area contributed by atoms with Crippen LogP contribution in [0.2, 0.25) is 0 Å². The van der Waals surface area contributed by atoms with Crippen LogP contribution >= 0.6 is 0 Å². The van der Waals surface area contributed by atoms with Gasteiger partial charge >= 0.3 is 24.1 Å². The van der Waals surface area contributed by atoms with Gasteiger partial charge in [-0.3, -0.25) is 4.79 Å². The lowest BCUT2D eigenvalue weighted by molar-refractivity contribution is -0.279. The molecule has 0 aliphatic rings. The molecule has 0 saturated carbocycles. The Morgan fingerprint density at radius 2 is 1.48 bits per heavy atom.